The summed E-state index contributed by atoms with van der Waals surface area (Å²) in [6.45, 7) is 1.96. The maximum atomic E-state index is 4.57. The fraction of sp³-hybridized carbons (Fsp3) is 0.462. The van der Waals surface area contributed by atoms with Crippen LogP contribution in [-0.2, 0) is 6.54 Å². The van der Waals surface area contributed by atoms with Crippen molar-refractivity contribution in [2.45, 2.75) is 24.1 Å². The van der Waals surface area contributed by atoms with E-state index < -0.39 is 0 Å². The van der Waals surface area contributed by atoms with Crippen molar-refractivity contribution in [1.29, 1.82) is 0 Å². The lowest BCUT2D eigenvalue weighted by Gasteiger charge is -2.11. The molecule has 1 aliphatic carbocycles. The number of hydrogen-bond donors (Lipinski definition) is 1. The number of aromatic nitrogens is 2. The van der Waals surface area contributed by atoms with Gasteiger partial charge in [-0.1, -0.05) is 6.07 Å². The summed E-state index contributed by atoms with van der Waals surface area (Å²) in [5.41, 5.74) is 2.14. The van der Waals surface area contributed by atoms with E-state index in [-0.39, 0.29) is 0 Å². The fourth-order valence-corrected chi connectivity index (χ4v) is 2.84. The molecule has 90 valence electrons. The van der Waals surface area contributed by atoms with Crippen LogP contribution in [0.2, 0.25) is 0 Å². The van der Waals surface area contributed by atoms with Crippen LogP contribution >= 0.6 is 11.8 Å². The van der Waals surface area contributed by atoms with E-state index in [1.807, 2.05) is 36.2 Å². The van der Waals surface area contributed by atoms with E-state index >= 15 is 0 Å². The molecule has 0 bridgehead atoms. The average Bonchev–Trinajstić information content (AvgIpc) is 3.01. The van der Waals surface area contributed by atoms with Crippen molar-refractivity contribution in [3.63, 3.8) is 0 Å². The molecule has 1 N–H and O–H groups in total. The molecule has 4 heteroatoms. The average molecular weight is 247 g/mol. The van der Waals surface area contributed by atoms with E-state index in [4.69, 9.17) is 0 Å². The minimum Gasteiger partial charge on any atom is -0.310 e. The van der Waals surface area contributed by atoms with E-state index in [9.17, 15) is 0 Å². The van der Waals surface area contributed by atoms with Gasteiger partial charge in [-0.05, 0) is 31.2 Å². The van der Waals surface area contributed by atoms with Gasteiger partial charge in [-0.3, -0.25) is 0 Å². The number of hydrogen-bond acceptors (Lipinski definition) is 3. The summed E-state index contributed by atoms with van der Waals surface area (Å²) in [7, 11) is 0. The van der Waals surface area contributed by atoms with Gasteiger partial charge in [0.05, 0.1) is 5.69 Å². The summed E-state index contributed by atoms with van der Waals surface area (Å²) in [4.78, 5) is 4.57. The third-order valence-corrected chi connectivity index (χ3v) is 4.83. The van der Waals surface area contributed by atoms with Crippen LogP contribution in [0, 0.1) is 0 Å². The van der Waals surface area contributed by atoms with Crippen LogP contribution in [0.15, 0.2) is 30.6 Å². The number of imidazole rings is 1. The Morgan fingerprint density at radius 2 is 2.35 bits per heavy atom. The van der Waals surface area contributed by atoms with E-state index in [0.29, 0.717) is 4.75 Å². The van der Waals surface area contributed by atoms with Crippen molar-refractivity contribution in [3.05, 3.63) is 36.3 Å². The summed E-state index contributed by atoms with van der Waals surface area (Å²) < 4.78 is 2.59. The van der Waals surface area contributed by atoms with Gasteiger partial charge in [-0.15, -0.1) is 0 Å². The predicted octanol–water partition coefficient (Wildman–Crippen LogP) is 2.32. The van der Waals surface area contributed by atoms with Crippen molar-refractivity contribution in [1.82, 2.24) is 14.7 Å². The molecule has 0 radical (unpaired) electrons. The van der Waals surface area contributed by atoms with E-state index in [1.165, 1.54) is 12.8 Å². The molecular formula is C13H17N3S. The van der Waals surface area contributed by atoms with Gasteiger partial charge in [0, 0.05) is 30.2 Å². The van der Waals surface area contributed by atoms with Crippen LogP contribution in [0.25, 0.3) is 5.65 Å². The van der Waals surface area contributed by atoms with Gasteiger partial charge in [0.25, 0.3) is 0 Å². The number of nitrogens with zero attached hydrogens (tertiary/aromatic N) is 2. The molecule has 3 rings (SSSR count). The summed E-state index contributed by atoms with van der Waals surface area (Å²) in [6.07, 6.45) is 9.05. The molecule has 0 aromatic carbocycles. The number of thioether (sulfide) groups is 1. The molecule has 17 heavy (non-hydrogen) atoms. The smallest absolute Gasteiger partial charge is 0.137 e. The molecule has 0 saturated heterocycles. The van der Waals surface area contributed by atoms with Crippen LogP contribution < -0.4 is 5.32 Å². The number of pyridine rings is 1. The molecule has 0 atom stereocenters. The lowest BCUT2D eigenvalue weighted by molar-refractivity contribution is 0.655. The Kier molecular flexibility index (Phi) is 2.84. The second kappa shape index (κ2) is 4.35. The van der Waals surface area contributed by atoms with Crippen LogP contribution in [0.1, 0.15) is 18.5 Å². The first-order valence-corrected chi connectivity index (χ1v) is 7.22. The second-order valence-corrected chi connectivity index (χ2v) is 5.96. The molecule has 3 nitrogen and oxygen atoms in total. The Balaban J connectivity index is 1.61. The quantitative estimate of drug-likeness (QED) is 0.879. The molecule has 2 heterocycles. The first-order chi connectivity index (χ1) is 8.31. The normalized spacial score (nSPS) is 17.5. The zero-order chi connectivity index (χ0) is 11.7. The van der Waals surface area contributed by atoms with Gasteiger partial charge < -0.3 is 9.72 Å². The number of nitrogens with one attached hydrogen (secondary N) is 1. The Hall–Kier alpha value is -1.00. The molecule has 1 saturated carbocycles. The zero-order valence-corrected chi connectivity index (χ0v) is 10.8. The monoisotopic (exact) mass is 247 g/mol. The molecule has 1 aliphatic rings. The molecule has 2 aromatic heterocycles. The van der Waals surface area contributed by atoms with Crippen molar-refractivity contribution >= 4 is 17.4 Å². The maximum Gasteiger partial charge on any atom is 0.137 e. The van der Waals surface area contributed by atoms with Gasteiger partial charge >= 0.3 is 0 Å². The minimum atomic E-state index is 0.527. The highest BCUT2D eigenvalue weighted by molar-refractivity contribution is 8.00. The van der Waals surface area contributed by atoms with E-state index in [1.54, 1.807) is 0 Å². The van der Waals surface area contributed by atoms with E-state index in [0.717, 1.165) is 24.4 Å². The molecule has 0 aliphatic heterocycles. The predicted molar refractivity (Wildman–Crippen MR) is 72.4 cm³/mol. The summed E-state index contributed by atoms with van der Waals surface area (Å²) in [6, 6.07) is 6.08. The third-order valence-electron chi connectivity index (χ3n) is 3.41. The van der Waals surface area contributed by atoms with Crippen LogP contribution in [0.3, 0.4) is 0 Å². The molecule has 0 spiro atoms. The van der Waals surface area contributed by atoms with Crippen LogP contribution in [-0.4, -0.2) is 26.9 Å². The van der Waals surface area contributed by atoms with Crippen LogP contribution in [0.5, 0.6) is 0 Å². The summed E-state index contributed by atoms with van der Waals surface area (Å²) in [5, 5.41) is 3.52. The van der Waals surface area contributed by atoms with Gasteiger partial charge in [0.1, 0.15) is 5.65 Å². The molecule has 0 amide bonds. The van der Waals surface area contributed by atoms with Crippen molar-refractivity contribution in [2.24, 2.45) is 0 Å². The largest absolute Gasteiger partial charge is 0.310 e. The summed E-state index contributed by atoms with van der Waals surface area (Å²) in [5.74, 6) is 0. The van der Waals surface area contributed by atoms with Crippen LogP contribution in [0.4, 0.5) is 0 Å². The van der Waals surface area contributed by atoms with Gasteiger partial charge in [-0.25, -0.2) is 4.98 Å². The Morgan fingerprint density at radius 1 is 1.47 bits per heavy atom. The van der Waals surface area contributed by atoms with Crippen molar-refractivity contribution in [2.75, 3.05) is 12.8 Å². The molecular weight excluding hydrogens is 230 g/mol. The third kappa shape index (κ3) is 2.33. The highest BCUT2D eigenvalue weighted by atomic mass is 32.2. The van der Waals surface area contributed by atoms with E-state index in [2.05, 4.69) is 27.2 Å². The maximum absolute atomic E-state index is 4.57. The Bertz CT molecular complexity index is 483. The Morgan fingerprint density at radius 3 is 3.06 bits per heavy atom. The number of fused-ring (bicyclic) bond motifs is 1. The first kappa shape index (κ1) is 11.1. The standard InChI is InChI=1S/C13H17N3S/c1-17-13(5-6-13)10-14-8-11-9-16-7-3-2-4-12(16)15-11/h2-4,7,9,14H,5-6,8,10H2,1H3. The molecule has 1 fully saturated rings. The number of rotatable bonds is 5. The lowest BCUT2D eigenvalue weighted by Crippen LogP contribution is -2.25. The topological polar surface area (TPSA) is 29.3 Å². The second-order valence-electron chi connectivity index (χ2n) is 4.69. The van der Waals surface area contributed by atoms with Crippen molar-refractivity contribution < 1.29 is 0 Å². The first-order valence-electron chi connectivity index (χ1n) is 6.00. The van der Waals surface area contributed by atoms with Gasteiger partial charge in [0.2, 0.25) is 0 Å². The lowest BCUT2D eigenvalue weighted by atomic mass is 10.4. The highest BCUT2D eigenvalue weighted by Crippen LogP contribution is 2.46. The zero-order valence-electron chi connectivity index (χ0n) is 10.0. The molecule has 2 aromatic rings. The summed E-state index contributed by atoms with van der Waals surface area (Å²) >= 11 is 1.99. The SMILES string of the molecule is CSC1(CNCc2cn3ccccc3n2)CC1. The fourth-order valence-electron chi connectivity index (χ4n) is 2.08. The van der Waals surface area contributed by atoms with Crippen molar-refractivity contribution in [3.8, 4) is 0 Å². The highest BCUT2D eigenvalue weighted by Gasteiger charge is 2.41. The minimum absolute atomic E-state index is 0.527. The van der Waals surface area contributed by atoms with Gasteiger partial charge in [0.15, 0.2) is 0 Å². The van der Waals surface area contributed by atoms with Gasteiger partial charge in [-0.2, -0.15) is 11.8 Å². The Labute approximate surface area is 106 Å². The molecule has 0 unspecified atom stereocenters.